The summed E-state index contributed by atoms with van der Waals surface area (Å²) in [5.41, 5.74) is 1.99. The molecule has 0 aliphatic rings. The van der Waals surface area contributed by atoms with Crippen molar-refractivity contribution < 1.29 is 9.90 Å². The molecule has 1 aromatic carbocycles. The Labute approximate surface area is 125 Å². The summed E-state index contributed by atoms with van der Waals surface area (Å²) in [6.07, 6.45) is 2.15. The lowest BCUT2D eigenvalue weighted by Crippen LogP contribution is -2.33. The van der Waals surface area contributed by atoms with Crippen molar-refractivity contribution in [3.05, 3.63) is 41.5 Å². The van der Waals surface area contributed by atoms with E-state index in [1.54, 1.807) is 16.7 Å². The van der Waals surface area contributed by atoms with Crippen LogP contribution in [0.25, 0.3) is 0 Å². The van der Waals surface area contributed by atoms with E-state index in [4.69, 9.17) is 5.11 Å². The van der Waals surface area contributed by atoms with Crippen LogP contribution >= 0.6 is 11.8 Å². The third kappa shape index (κ3) is 5.02. The van der Waals surface area contributed by atoms with Gasteiger partial charge in [0.2, 0.25) is 0 Å². The number of carbonyl (C=O) groups is 1. The van der Waals surface area contributed by atoms with Gasteiger partial charge in [-0.25, -0.2) is 0 Å². The van der Waals surface area contributed by atoms with Crippen molar-refractivity contribution in [3.63, 3.8) is 0 Å². The van der Waals surface area contributed by atoms with E-state index < -0.39 is 0 Å². The first kappa shape index (κ1) is 16.8. The highest BCUT2D eigenvalue weighted by molar-refractivity contribution is 7.99. The van der Waals surface area contributed by atoms with Crippen molar-refractivity contribution >= 4 is 17.7 Å². The fourth-order valence-corrected chi connectivity index (χ4v) is 2.84. The zero-order chi connectivity index (χ0) is 15.0. The molecule has 0 aliphatic heterocycles. The molecule has 1 aromatic rings. The van der Waals surface area contributed by atoms with Crippen molar-refractivity contribution in [1.82, 2.24) is 4.90 Å². The quantitative estimate of drug-likeness (QED) is 0.620. The fourth-order valence-electron chi connectivity index (χ4n) is 1.76. The van der Waals surface area contributed by atoms with Gasteiger partial charge in [0.15, 0.2) is 0 Å². The number of nitrogens with zero attached hydrogens (tertiary/aromatic N) is 1. The molecule has 0 saturated heterocycles. The van der Waals surface area contributed by atoms with Crippen molar-refractivity contribution in [3.8, 4) is 0 Å². The number of hydrogen-bond donors (Lipinski definition) is 1. The number of thioether (sulfide) groups is 1. The lowest BCUT2D eigenvalue weighted by molar-refractivity contribution is 0.0728. The summed E-state index contributed by atoms with van der Waals surface area (Å²) in [6.45, 7) is 7.03. The molecule has 3 nitrogen and oxygen atoms in total. The van der Waals surface area contributed by atoms with Gasteiger partial charge in [-0.2, -0.15) is 0 Å². The van der Waals surface area contributed by atoms with E-state index in [1.165, 1.54) is 5.57 Å². The van der Waals surface area contributed by atoms with Gasteiger partial charge in [0, 0.05) is 23.7 Å². The summed E-state index contributed by atoms with van der Waals surface area (Å²) in [4.78, 5) is 15.1. The Kier molecular flexibility index (Phi) is 7.41. The van der Waals surface area contributed by atoms with Crippen LogP contribution in [0.15, 0.2) is 40.8 Å². The molecule has 0 spiro atoms. The zero-order valence-electron chi connectivity index (χ0n) is 12.4. The van der Waals surface area contributed by atoms with Crippen LogP contribution in [-0.2, 0) is 0 Å². The van der Waals surface area contributed by atoms with Gasteiger partial charge in [-0.1, -0.05) is 23.8 Å². The van der Waals surface area contributed by atoms with E-state index >= 15 is 0 Å². The molecular formula is C16H23NO2S. The summed E-state index contributed by atoms with van der Waals surface area (Å²) in [6, 6.07) is 7.66. The molecule has 4 heteroatoms. The van der Waals surface area contributed by atoms with Crippen LogP contribution in [0.1, 0.15) is 31.1 Å². The van der Waals surface area contributed by atoms with Gasteiger partial charge in [-0.15, -0.1) is 11.8 Å². The van der Waals surface area contributed by atoms with Crippen LogP contribution in [0.2, 0.25) is 0 Å². The van der Waals surface area contributed by atoms with Gasteiger partial charge in [-0.05, 0) is 32.9 Å². The molecule has 110 valence electrons. The molecule has 1 rings (SSSR count). The lowest BCUT2D eigenvalue weighted by Gasteiger charge is -2.21. The maximum atomic E-state index is 12.5. The molecule has 0 fully saturated rings. The van der Waals surface area contributed by atoms with Gasteiger partial charge >= 0.3 is 0 Å². The van der Waals surface area contributed by atoms with E-state index in [0.29, 0.717) is 13.1 Å². The number of hydrogen-bond acceptors (Lipinski definition) is 3. The molecule has 0 heterocycles. The molecular weight excluding hydrogens is 270 g/mol. The molecule has 0 unspecified atom stereocenters. The first-order valence-electron chi connectivity index (χ1n) is 6.85. The number of aliphatic hydroxyl groups is 1. The number of benzene rings is 1. The van der Waals surface area contributed by atoms with Gasteiger partial charge in [0.1, 0.15) is 0 Å². The van der Waals surface area contributed by atoms with E-state index in [2.05, 4.69) is 19.9 Å². The van der Waals surface area contributed by atoms with Crippen LogP contribution < -0.4 is 0 Å². The predicted molar refractivity (Wildman–Crippen MR) is 85.3 cm³/mol. The lowest BCUT2D eigenvalue weighted by atomic mass is 10.2. The highest BCUT2D eigenvalue weighted by atomic mass is 32.2. The predicted octanol–water partition coefficient (Wildman–Crippen LogP) is 3.20. The number of amides is 1. The fraction of sp³-hybridized carbons (Fsp3) is 0.438. The van der Waals surface area contributed by atoms with Crippen LogP contribution in [0.4, 0.5) is 0 Å². The van der Waals surface area contributed by atoms with Crippen LogP contribution in [0.3, 0.4) is 0 Å². The van der Waals surface area contributed by atoms with Crippen molar-refractivity contribution in [1.29, 1.82) is 0 Å². The summed E-state index contributed by atoms with van der Waals surface area (Å²) in [5.74, 6) is 0.848. The van der Waals surface area contributed by atoms with Crippen molar-refractivity contribution in [2.24, 2.45) is 0 Å². The molecule has 0 saturated carbocycles. The van der Waals surface area contributed by atoms with Crippen molar-refractivity contribution in [2.75, 3.05) is 25.4 Å². The van der Waals surface area contributed by atoms with Crippen LogP contribution in [0.5, 0.6) is 0 Å². The normalized spacial score (nSPS) is 10.2. The average Bonchev–Trinajstić information content (AvgIpc) is 2.44. The number of likely N-dealkylation sites (N-methyl/N-ethyl adjacent to an activating group) is 1. The Morgan fingerprint density at radius 2 is 2.05 bits per heavy atom. The SMILES string of the molecule is CCN(CCO)C(=O)c1ccccc1SCC=C(C)C. The van der Waals surface area contributed by atoms with Gasteiger partial charge < -0.3 is 10.0 Å². The second kappa shape index (κ2) is 8.82. The van der Waals surface area contributed by atoms with E-state index in [9.17, 15) is 4.79 Å². The van der Waals surface area contributed by atoms with Gasteiger partial charge in [0.05, 0.1) is 12.2 Å². The first-order chi connectivity index (χ1) is 9.60. The molecule has 1 N–H and O–H groups in total. The molecule has 0 atom stereocenters. The average molecular weight is 293 g/mol. The zero-order valence-corrected chi connectivity index (χ0v) is 13.2. The number of rotatable bonds is 7. The topological polar surface area (TPSA) is 40.5 Å². The summed E-state index contributed by atoms with van der Waals surface area (Å²) < 4.78 is 0. The smallest absolute Gasteiger partial charge is 0.255 e. The molecule has 0 radical (unpaired) electrons. The van der Waals surface area contributed by atoms with Crippen molar-refractivity contribution in [2.45, 2.75) is 25.7 Å². The second-order valence-electron chi connectivity index (χ2n) is 4.70. The molecule has 0 aliphatic carbocycles. The maximum absolute atomic E-state index is 12.5. The highest BCUT2D eigenvalue weighted by Crippen LogP contribution is 2.24. The summed E-state index contributed by atoms with van der Waals surface area (Å²) in [7, 11) is 0. The monoisotopic (exact) mass is 293 g/mol. The number of allylic oxidation sites excluding steroid dienone is 1. The Morgan fingerprint density at radius 1 is 1.35 bits per heavy atom. The van der Waals surface area contributed by atoms with Gasteiger partial charge in [0.25, 0.3) is 5.91 Å². The summed E-state index contributed by atoms with van der Waals surface area (Å²) in [5, 5.41) is 9.03. The highest BCUT2D eigenvalue weighted by Gasteiger charge is 2.16. The van der Waals surface area contributed by atoms with Crippen LogP contribution in [-0.4, -0.2) is 41.4 Å². The maximum Gasteiger partial charge on any atom is 0.255 e. The molecule has 1 amide bonds. The van der Waals surface area contributed by atoms with E-state index in [0.717, 1.165) is 16.2 Å². The Balaban J connectivity index is 2.88. The molecule has 0 bridgehead atoms. The minimum absolute atomic E-state index is 0.00728. The minimum atomic E-state index is -0.0122. The third-order valence-electron chi connectivity index (χ3n) is 2.89. The van der Waals surface area contributed by atoms with E-state index in [-0.39, 0.29) is 12.5 Å². The summed E-state index contributed by atoms with van der Waals surface area (Å²) >= 11 is 1.66. The largest absolute Gasteiger partial charge is 0.395 e. The minimum Gasteiger partial charge on any atom is -0.395 e. The van der Waals surface area contributed by atoms with E-state index in [1.807, 2.05) is 31.2 Å². The third-order valence-corrected chi connectivity index (χ3v) is 3.89. The first-order valence-corrected chi connectivity index (χ1v) is 7.84. The molecule has 0 aromatic heterocycles. The number of aliphatic hydroxyl groups excluding tert-OH is 1. The second-order valence-corrected chi connectivity index (χ2v) is 5.76. The Hall–Kier alpha value is -1.26. The van der Waals surface area contributed by atoms with Crippen LogP contribution in [0, 0.1) is 0 Å². The number of carbonyl (C=O) groups excluding carboxylic acids is 1. The Morgan fingerprint density at radius 3 is 2.65 bits per heavy atom. The standard InChI is InChI=1S/C16H23NO2S/c1-4-17(10-11-18)16(19)14-7-5-6-8-15(14)20-12-9-13(2)3/h5-9,18H,4,10-12H2,1-3H3. The Bertz CT molecular complexity index is 467. The van der Waals surface area contributed by atoms with Gasteiger partial charge in [-0.3, -0.25) is 4.79 Å². The molecule has 20 heavy (non-hydrogen) atoms.